The minimum absolute atomic E-state index is 0.140. The maximum atomic E-state index is 12.7. The normalized spacial score (nSPS) is 23.3. The first kappa shape index (κ1) is 14.4. The van der Waals surface area contributed by atoms with Gasteiger partial charge in [0.15, 0.2) is 5.78 Å². The minimum Gasteiger partial charge on any atom is -0.361 e. The van der Waals surface area contributed by atoms with Gasteiger partial charge in [-0.3, -0.25) is 4.79 Å². The smallest absolute Gasteiger partial charge is 0.161 e. The lowest BCUT2D eigenvalue weighted by atomic mass is 9.79. The molecule has 3 heteroatoms. The van der Waals surface area contributed by atoms with Gasteiger partial charge in [-0.25, -0.2) is 0 Å². The van der Waals surface area contributed by atoms with Crippen LogP contribution in [-0.4, -0.2) is 11.5 Å². The summed E-state index contributed by atoms with van der Waals surface area (Å²) in [7, 11) is 0. The highest BCUT2D eigenvalue weighted by molar-refractivity contribution is 8.03. The molecule has 0 bridgehead atoms. The van der Waals surface area contributed by atoms with E-state index in [0.29, 0.717) is 12.2 Å². The fourth-order valence-corrected chi connectivity index (χ4v) is 5.48. The number of allylic oxidation sites excluding steroid dienone is 4. The van der Waals surface area contributed by atoms with Gasteiger partial charge < -0.3 is 5.32 Å². The lowest BCUT2D eigenvalue weighted by Gasteiger charge is -2.33. The number of benzene rings is 2. The number of hydrogen-bond donors (Lipinski definition) is 1. The molecule has 0 spiro atoms. The zero-order valence-corrected chi connectivity index (χ0v) is 14.3. The van der Waals surface area contributed by atoms with Gasteiger partial charge in [0.2, 0.25) is 0 Å². The summed E-state index contributed by atoms with van der Waals surface area (Å²) in [4.78, 5) is 14.1. The van der Waals surface area contributed by atoms with Crippen molar-refractivity contribution in [1.82, 2.24) is 5.32 Å². The lowest BCUT2D eigenvalue weighted by Crippen LogP contribution is -2.30. The Morgan fingerprint density at radius 2 is 1.83 bits per heavy atom. The molecule has 2 heterocycles. The highest BCUT2D eigenvalue weighted by Crippen LogP contribution is 2.50. The average molecular weight is 333 g/mol. The summed E-state index contributed by atoms with van der Waals surface area (Å²) in [6, 6.07) is 15.2. The molecule has 0 saturated carbocycles. The molecule has 24 heavy (non-hydrogen) atoms. The van der Waals surface area contributed by atoms with E-state index in [9.17, 15) is 4.79 Å². The number of fused-ring (bicyclic) bond motifs is 1. The molecule has 2 aromatic carbocycles. The third-order valence-corrected chi connectivity index (χ3v) is 6.52. The molecule has 1 atom stereocenters. The highest BCUT2D eigenvalue weighted by atomic mass is 32.2. The lowest BCUT2D eigenvalue weighted by molar-refractivity contribution is -0.116. The Balaban J connectivity index is 1.70. The Hall–Kier alpha value is -2.00. The number of rotatable bonds is 1. The summed E-state index contributed by atoms with van der Waals surface area (Å²) in [6.45, 7) is 0. The summed E-state index contributed by atoms with van der Waals surface area (Å²) in [5.74, 6) is 1.60. The average Bonchev–Trinajstić information content (AvgIpc) is 3.08. The van der Waals surface area contributed by atoms with Crippen LogP contribution in [0.25, 0.3) is 10.8 Å². The molecule has 1 unspecified atom stereocenters. The molecule has 0 saturated heterocycles. The zero-order chi connectivity index (χ0) is 16.1. The van der Waals surface area contributed by atoms with Gasteiger partial charge >= 0.3 is 0 Å². The molecular formula is C21H19NOS. The van der Waals surface area contributed by atoms with E-state index in [1.807, 2.05) is 11.8 Å². The molecule has 0 amide bonds. The predicted octanol–water partition coefficient (Wildman–Crippen LogP) is 4.88. The van der Waals surface area contributed by atoms with Crippen molar-refractivity contribution in [2.24, 2.45) is 0 Å². The molecule has 2 aromatic rings. The van der Waals surface area contributed by atoms with Crippen LogP contribution in [0.4, 0.5) is 0 Å². The summed E-state index contributed by atoms with van der Waals surface area (Å²) < 4.78 is 0. The van der Waals surface area contributed by atoms with Crippen LogP contribution in [0.2, 0.25) is 0 Å². The van der Waals surface area contributed by atoms with Crippen molar-refractivity contribution in [3.63, 3.8) is 0 Å². The topological polar surface area (TPSA) is 29.1 Å². The van der Waals surface area contributed by atoms with E-state index in [4.69, 9.17) is 0 Å². The van der Waals surface area contributed by atoms with E-state index >= 15 is 0 Å². The summed E-state index contributed by atoms with van der Waals surface area (Å²) in [6.07, 6.45) is 3.77. The molecule has 5 rings (SSSR count). The Morgan fingerprint density at radius 3 is 2.75 bits per heavy atom. The summed E-state index contributed by atoms with van der Waals surface area (Å²) >= 11 is 1.92. The third-order valence-electron chi connectivity index (χ3n) is 5.32. The number of Topliss-reactive ketones (excluding diaryl/α,β-unsaturated/α-hetero) is 1. The fraction of sp³-hybridized carbons (Fsp3) is 0.286. The second-order valence-corrected chi connectivity index (χ2v) is 7.91. The monoisotopic (exact) mass is 333 g/mol. The van der Waals surface area contributed by atoms with E-state index in [-0.39, 0.29) is 5.92 Å². The number of carbonyl (C=O) groups is 1. The fourth-order valence-electron chi connectivity index (χ4n) is 4.20. The van der Waals surface area contributed by atoms with Crippen molar-refractivity contribution >= 4 is 28.3 Å². The van der Waals surface area contributed by atoms with Gasteiger partial charge in [0.25, 0.3) is 0 Å². The van der Waals surface area contributed by atoms with Crippen LogP contribution in [0, 0.1) is 0 Å². The Labute approximate surface area is 146 Å². The zero-order valence-electron chi connectivity index (χ0n) is 13.5. The second-order valence-electron chi connectivity index (χ2n) is 6.77. The molecule has 0 fully saturated rings. The maximum Gasteiger partial charge on any atom is 0.161 e. The van der Waals surface area contributed by atoms with E-state index in [0.717, 1.165) is 30.6 Å². The van der Waals surface area contributed by atoms with Crippen LogP contribution >= 0.6 is 11.8 Å². The van der Waals surface area contributed by atoms with Gasteiger partial charge in [-0.2, -0.15) is 0 Å². The molecular weight excluding hydrogens is 314 g/mol. The molecule has 3 aliphatic rings. The van der Waals surface area contributed by atoms with Gasteiger partial charge in [-0.15, -0.1) is 11.8 Å². The van der Waals surface area contributed by atoms with Crippen molar-refractivity contribution in [2.45, 2.75) is 31.6 Å². The van der Waals surface area contributed by atoms with Crippen LogP contribution in [0.15, 0.2) is 64.3 Å². The van der Waals surface area contributed by atoms with Crippen molar-refractivity contribution in [3.8, 4) is 0 Å². The first-order valence-corrected chi connectivity index (χ1v) is 9.67. The highest BCUT2D eigenvalue weighted by Gasteiger charge is 2.38. The van der Waals surface area contributed by atoms with Crippen molar-refractivity contribution < 1.29 is 4.79 Å². The van der Waals surface area contributed by atoms with Crippen molar-refractivity contribution in [3.05, 3.63) is 69.9 Å². The van der Waals surface area contributed by atoms with Crippen molar-refractivity contribution in [1.29, 1.82) is 0 Å². The SMILES string of the molecule is O=C1CCCC2=C1C(c1ccc3ccccc3c1)C1=C(CCS1)N2. The number of carbonyl (C=O) groups excluding carboxylic acids is 1. The van der Waals surface area contributed by atoms with Gasteiger partial charge in [0.05, 0.1) is 0 Å². The molecule has 1 N–H and O–H groups in total. The third kappa shape index (κ3) is 2.15. The van der Waals surface area contributed by atoms with Crippen molar-refractivity contribution in [2.75, 3.05) is 5.75 Å². The van der Waals surface area contributed by atoms with Gasteiger partial charge in [-0.05, 0) is 35.6 Å². The summed E-state index contributed by atoms with van der Waals surface area (Å²) in [5.41, 5.74) is 4.83. The van der Waals surface area contributed by atoms with Gasteiger partial charge in [0, 0.05) is 40.0 Å². The molecule has 120 valence electrons. The van der Waals surface area contributed by atoms with E-state index in [1.165, 1.54) is 32.6 Å². The molecule has 0 radical (unpaired) electrons. The standard InChI is InChI=1S/C21H19NOS/c23-18-7-3-6-16-20(18)19(21-17(22-16)10-11-24-21)15-9-8-13-4-1-2-5-14(13)12-15/h1-2,4-5,8-9,12,19,22H,3,6-7,10-11H2. The number of thioether (sulfide) groups is 1. The van der Waals surface area contributed by atoms with Gasteiger partial charge in [-0.1, -0.05) is 42.5 Å². The van der Waals surface area contributed by atoms with Crippen LogP contribution in [0.1, 0.15) is 37.2 Å². The van der Waals surface area contributed by atoms with Gasteiger partial charge in [0.1, 0.15) is 0 Å². The predicted molar refractivity (Wildman–Crippen MR) is 99.8 cm³/mol. The largest absolute Gasteiger partial charge is 0.361 e. The van der Waals surface area contributed by atoms with E-state index < -0.39 is 0 Å². The Bertz CT molecular complexity index is 924. The molecule has 0 aromatic heterocycles. The minimum atomic E-state index is 0.140. The first-order chi connectivity index (χ1) is 11.8. The molecule has 2 aliphatic heterocycles. The van der Waals surface area contributed by atoms with Crippen LogP contribution in [0.5, 0.6) is 0 Å². The van der Waals surface area contributed by atoms with Crippen LogP contribution in [0.3, 0.4) is 0 Å². The number of hydrogen-bond acceptors (Lipinski definition) is 3. The van der Waals surface area contributed by atoms with E-state index in [1.54, 1.807) is 0 Å². The maximum absolute atomic E-state index is 12.7. The number of dihydropyridines is 1. The van der Waals surface area contributed by atoms with Crippen LogP contribution in [-0.2, 0) is 4.79 Å². The molecule has 1 aliphatic carbocycles. The molecule has 2 nitrogen and oxygen atoms in total. The summed E-state index contributed by atoms with van der Waals surface area (Å²) in [5, 5.41) is 6.11. The number of nitrogens with one attached hydrogen (secondary N) is 1. The quantitative estimate of drug-likeness (QED) is 0.806. The Kier molecular flexibility index (Phi) is 3.30. The first-order valence-electron chi connectivity index (χ1n) is 8.69. The van der Waals surface area contributed by atoms with E-state index in [2.05, 4.69) is 47.8 Å². The second kappa shape index (κ2) is 5.52. The van der Waals surface area contributed by atoms with Crippen LogP contribution < -0.4 is 5.32 Å². The number of ketones is 1. The Morgan fingerprint density at radius 1 is 0.958 bits per heavy atom.